The average molecular weight is 328 g/mol. The Bertz CT molecular complexity index is 259. The van der Waals surface area contributed by atoms with E-state index in [2.05, 4.69) is 36.3 Å². The summed E-state index contributed by atoms with van der Waals surface area (Å²) in [6.45, 7) is 11.3. The van der Waals surface area contributed by atoms with E-state index in [0.717, 1.165) is 52.0 Å². The summed E-state index contributed by atoms with van der Waals surface area (Å²) in [4.78, 5) is 14.6. The Morgan fingerprint density at radius 2 is 1.95 bits per heavy atom. The second kappa shape index (κ2) is 11.6. The van der Waals surface area contributed by atoms with Gasteiger partial charge in [-0.25, -0.2) is 0 Å². The molecule has 0 bridgehead atoms. The number of amides is 1. The molecule has 0 saturated carbocycles. The molecule has 0 aromatic carbocycles. The van der Waals surface area contributed by atoms with Crippen molar-refractivity contribution < 1.29 is 4.79 Å². The molecule has 1 atom stereocenters. The highest BCUT2D eigenvalue weighted by molar-refractivity contribution is 5.86. The molecule has 1 rings (SSSR count). The molecule has 0 spiro atoms. The summed E-state index contributed by atoms with van der Waals surface area (Å²) in [7, 11) is 0. The lowest BCUT2D eigenvalue weighted by molar-refractivity contribution is -0.127. The number of hydrogen-bond donors (Lipinski definition) is 2. The molecule has 1 saturated heterocycles. The van der Waals surface area contributed by atoms with Crippen molar-refractivity contribution in [2.75, 3.05) is 32.7 Å². The third-order valence-electron chi connectivity index (χ3n) is 3.98. The quantitative estimate of drug-likeness (QED) is 0.718. The molecule has 1 heterocycles. The molecule has 0 aromatic heterocycles. The summed E-state index contributed by atoms with van der Waals surface area (Å²) in [6, 6.07) is 0. The Morgan fingerprint density at radius 1 is 1.25 bits per heavy atom. The Morgan fingerprint density at radius 3 is 2.40 bits per heavy atom. The van der Waals surface area contributed by atoms with Crippen LogP contribution in [0.5, 0.6) is 0 Å². The van der Waals surface area contributed by atoms with Gasteiger partial charge in [-0.05, 0) is 45.3 Å². The lowest BCUT2D eigenvalue weighted by Gasteiger charge is -2.27. The molecule has 1 aliphatic rings. The van der Waals surface area contributed by atoms with Gasteiger partial charge in [0.05, 0.1) is 5.54 Å². The molecule has 20 heavy (non-hydrogen) atoms. The highest BCUT2D eigenvalue weighted by atomic mass is 35.5. The standard InChI is InChI=1S/C14H29N3O.2ClH/c1-4-11-17(6-3)12-10-15-13(18)14(5-2)8-7-9-16-14;;/h16H,4-12H2,1-3H3,(H,15,18);2*1H. The van der Waals surface area contributed by atoms with Gasteiger partial charge < -0.3 is 15.5 Å². The van der Waals surface area contributed by atoms with Crippen LogP contribution in [0.25, 0.3) is 0 Å². The van der Waals surface area contributed by atoms with E-state index in [4.69, 9.17) is 0 Å². The zero-order chi connectivity index (χ0) is 13.4. The van der Waals surface area contributed by atoms with Gasteiger partial charge in [0.1, 0.15) is 0 Å². The largest absolute Gasteiger partial charge is 0.353 e. The van der Waals surface area contributed by atoms with E-state index in [1.807, 2.05) is 0 Å². The minimum atomic E-state index is -0.290. The molecule has 2 N–H and O–H groups in total. The lowest BCUT2D eigenvalue weighted by atomic mass is 9.93. The molecule has 0 aromatic rings. The van der Waals surface area contributed by atoms with Crippen LogP contribution in [0, 0.1) is 0 Å². The fourth-order valence-corrected chi connectivity index (χ4v) is 2.70. The lowest BCUT2D eigenvalue weighted by Crippen LogP contribution is -2.54. The van der Waals surface area contributed by atoms with Crippen molar-refractivity contribution in [3.05, 3.63) is 0 Å². The Labute approximate surface area is 136 Å². The van der Waals surface area contributed by atoms with Gasteiger partial charge in [-0.15, -0.1) is 24.8 Å². The zero-order valence-corrected chi connectivity index (χ0v) is 14.7. The second-order valence-electron chi connectivity index (χ2n) is 5.16. The number of carbonyl (C=O) groups excluding carboxylic acids is 1. The molecular weight excluding hydrogens is 297 g/mol. The fraction of sp³-hybridized carbons (Fsp3) is 0.929. The predicted molar refractivity (Wildman–Crippen MR) is 90.2 cm³/mol. The molecule has 4 nitrogen and oxygen atoms in total. The highest BCUT2D eigenvalue weighted by Gasteiger charge is 2.38. The SMILES string of the molecule is CCCN(CC)CCNC(=O)C1(CC)CCCN1.Cl.Cl. The van der Waals surface area contributed by atoms with E-state index in [1.54, 1.807) is 0 Å². The van der Waals surface area contributed by atoms with Gasteiger partial charge in [-0.2, -0.15) is 0 Å². The summed E-state index contributed by atoms with van der Waals surface area (Å²) in [5, 5.41) is 6.47. The van der Waals surface area contributed by atoms with Crippen molar-refractivity contribution in [3.8, 4) is 0 Å². The minimum Gasteiger partial charge on any atom is -0.353 e. The van der Waals surface area contributed by atoms with Crippen LogP contribution < -0.4 is 10.6 Å². The summed E-state index contributed by atoms with van der Waals surface area (Å²) in [6.07, 6.45) is 4.13. The highest BCUT2D eigenvalue weighted by Crippen LogP contribution is 2.22. The first kappa shape index (κ1) is 22.3. The number of nitrogens with one attached hydrogen (secondary N) is 2. The average Bonchev–Trinajstić information content (AvgIpc) is 2.87. The molecular formula is C14H31Cl2N3O. The van der Waals surface area contributed by atoms with E-state index >= 15 is 0 Å². The molecule has 1 amide bonds. The first-order chi connectivity index (χ1) is 8.68. The van der Waals surface area contributed by atoms with Crippen LogP contribution in [0.1, 0.15) is 46.5 Å². The van der Waals surface area contributed by atoms with Gasteiger partial charge in [-0.1, -0.05) is 20.8 Å². The number of likely N-dealkylation sites (N-methyl/N-ethyl adjacent to an activating group) is 1. The van der Waals surface area contributed by atoms with Gasteiger partial charge in [0, 0.05) is 13.1 Å². The van der Waals surface area contributed by atoms with Crippen LogP contribution in [-0.2, 0) is 4.79 Å². The van der Waals surface area contributed by atoms with Crippen LogP contribution in [0.3, 0.4) is 0 Å². The maximum atomic E-state index is 12.2. The maximum Gasteiger partial charge on any atom is 0.240 e. The van der Waals surface area contributed by atoms with Gasteiger partial charge in [0.2, 0.25) is 5.91 Å². The normalized spacial score (nSPS) is 21.2. The van der Waals surface area contributed by atoms with Crippen LogP contribution in [0.2, 0.25) is 0 Å². The summed E-state index contributed by atoms with van der Waals surface area (Å²) in [5.41, 5.74) is -0.290. The molecule has 0 radical (unpaired) electrons. The van der Waals surface area contributed by atoms with Crippen molar-refractivity contribution in [1.29, 1.82) is 0 Å². The summed E-state index contributed by atoms with van der Waals surface area (Å²) >= 11 is 0. The molecule has 1 aliphatic heterocycles. The molecule has 122 valence electrons. The van der Waals surface area contributed by atoms with Crippen LogP contribution in [0.15, 0.2) is 0 Å². The van der Waals surface area contributed by atoms with Crippen LogP contribution in [-0.4, -0.2) is 49.1 Å². The van der Waals surface area contributed by atoms with Crippen LogP contribution in [0.4, 0.5) is 0 Å². The molecule has 1 fully saturated rings. The summed E-state index contributed by atoms with van der Waals surface area (Å²) in [5.74, 6) is 0.190. The van der Waals surface area contributed by atoms with Crippen molar-refractivity contribution in [3.63, 3.8) is 0 Å². The fourth-order valence-electron chi connectivity index (χ4n) is 2.70. The van der Waals surface area contributed by atoms with E-state index in [-0.39, 0.29) is 36.3 Å². The van der Waals surface area contributed by atoms with Crippen molar-refractivity contribution in [2.45, 2.75) is 52.0 Å². The number of nitrogens with zero attached hydrogens (tertiary/aromatic N) is 1. The minimum absolute atomic E-state index is 0. The topological polar surface area (TPSA) is 44.4 Å². The Hall–Kier alpha value is -0.0300. The van der Waals surface area contributed by atoms with E-state index in [1.165, 1.54) is 6.42 Å². The molecule has 6 heteroatoms. The van der Waals surface area contributed by atoms with E-state index in [0.29, 0.717) is 0 Å². The van der Waals surface area contributed by atoms with Crippen LogP contribution >= 0.6 is 24.8 Å². The van der Waals surface area contributed by atoms with Crippen molar-refractivity contribution in [2.24, 2.45) is 0 Å². The van der Waals surface area contributed by atoms with Gasteiger partial charge in [-0.3, -0.25) is 4.79 Å². The van der Waals surface area contributed by atoms with Crippen molar-refractivity contribution >= 4 is 30.7 Å². The molecule has 0 aliphatic carbocycles. The Balaban J connectivity index is 0. The number of rotatable bonds is 8. The maximum absolute atomic E-state index is 12.2. The van der Waals surface area contributed by atoms with Gasteiger partial charge in [0.25, 0.3) is 0 Å². The Kier molecular flexibility index (Phi) is 12.9. The first-order valence-corrected chi connectivity index (χ1v) is 7.44. The third kappa shape index (κ3) is 6.17. The van der Waals surface area contributed by atoms with E-state index < -0.39 is 0 Å². The monoisotopic (exact) mass is 327 g/mol. The number of hydrogen-bond acceptors (Lipinski definition) is 3. The first-order valence-electron chi connectivity index (χ1n) is 7.44. The predicted octanol–water partition coefficient (Wildman–Crippen LogP) is 2.21. The smallest absolute Gasteiger partial charge is 0.240 e. The van der Waals surface area contributed by atoms with Crippen molar-refractivity contribution in [1.82, 2.24) is 15.5 Å². The number of halogens is 2. The summed E-state index contributed by atoms with van der Waals surface area (Å²) < 4.78 is 0. The third-order valence-corrected chi connectivity index (χ3v) is 3.98. The second-order valence-corrected chi connectivity index (χ2v) is 5.16. The van der Waals surface area contributed by atoms with E-state index in [9.17, 15) is 4.79 Å². The van der Waals surface area contributed by atoms with Gasteiger partial charge >= 0.3 is 0 Å². The number of carbonyl (C=O) groups is 1. The molecule has 1 unspecified atom stereocenters. The van der Waals surface area contributed by atoms with Gasteiger partial charge in [0.15, 0.2) is 0 Å². The zero-order valence-electron chi connectivity index (χ0n) is 13.0.